The van der Waals surface area contributed by atoms with Crippen molar-refractivity contribution < 1.29 is 14.7 Å². The number of carbonyl (C=O) groups excluding carboxylic acids is 1. The lowest BCUT2D eigenvalue weighted by Gasteiger charge is -2.13. The van der Waals surface area contributed by atoms with Gasteiger partial charge in [0.1, 0.15) is 6.04 Å². The molecule has 27 heavy (non-hydrogen) atoms. The summed E-state index contributed by atoms with van der Waals surface area (Å²) in [6.45, 7) is 8.34. The van der Waals surface area contributed by atoms with Crippen LogP contribution in [-0.2, 0) is 16.0 Å². The van der Waals surface area contributed by atoms with Gasteiger partial charge in [-0.15, -0.1) is 0 Å². The molecular formula is C19H29N5O3. The Balaban J connectivity index is 2.39. The van der Waals surface area contributed by atoms with Crippen molar-refractivity contribution >= 4 is 18.1 Å². The monoisotopic (exact) mass is 375 g/mol. The van der Waals surface area contributed by atoms with Crippen molar-refractivity contribution in [1.82, 2.24) is 20.2 Å². The van der Waals surface area contributed by atoms with E-state index in [0.717, 1.165) is 18.7 Å². The molecule has 0 aliphatic carbocycles. The van der Waals surface area contributed by atoms with Gasteiger partial charge in [0.2, 0.25) is 5.91 Å². The number of hydrogen-bond acceptors (Lipinski definition) is 5. The van der Waals surface area contributed by atoms with Gasteiger partial charge in [-0.2, -0.15) is 0 Å². The SMILES string of the molecule is CCN(/C=C/C=C(\C)C=NCCC(=O)N[C@@H](Cc1cnc[nH]1)C(=O)O)CC. The van der Waals surface area contributed by atoms with E-state index in [-0.39, 0.29) is 18.7 Å². The highest BCUT2D eigenvalue weighted by Gasteiger charge is 2.20. The van der Waals surface area contributed by atoms with E-state index in [0.29, 0.717) is 12.2 Å². The van der Waals surface area contributed by atoms with Crippen molar-refractivity contribution in [2.45, 2.75) is 39.7 Å². The highest BCUT2D eigenvalue weighted by Crippen LogP contribution is 2.00. The number of aromatic amines is 1. The molecular weight excluding hydrogens is 346 g/mol. The summed E-state index contributed by atoms with van der Waals surface area (Å²) < 4.78 is 0. The smallest absolute Gasteiger partial charge is 0.326 e. The van der Waals surface area contributed by atoms with E-state index in [1.54, 1.807) is 6.21 Å². The van der Waals surface area contributed by atoms with Gasteiger partial charge in [-0.05, 0) is 38.6 Å². The molecule has 3 N–H and O–H groups in total. The number of rotatable bonds is 12. The van der Waals surface area contributed by atoms with Crippen molar-refractivity contribution in [3.63, 3.8) is 0 Å². The summed E-state index contributed by atoms with van der Waals surface area (Å²) in [5.41, 5.74) is 1.63. The Kier molecular flexibility index (Phi) is 10.2. The second-order valence-electron chi connectivity index (χ2n) is 6.00. The molecule has 1 amide bonds. The van der Waals surface area contributed by atoms with Gasteiger partial charge in [0.05, 0.1) is 6.33 Å². The number of H-pyrrole nitrogens is 1. The van der Waals surface area contributed by atoms with Gasteiger partial charge in [0, 0.05) is 50.6 Å². The molecule has 1 heterocycles. The summed E-state index contributed by atoms with van der Waals surface area (Å²) in [7, 11) is 0. The van der Waals surface area contributed by atoms with Crippen molar-refractivity contribution in [3.05, 3.63) is 42.1 Å². The fourth-order valence-electron chi connectivity index (χ4n) is 2.25. The second-order valence-corrected chi connectivity index (χ2v) is 6.00. The minimum Gasteiger partial charge on any atom is -0.480 e. The molecule has 0 bridgehead atoms. The number of nitrogens with one attached hydrogen (secondary N) is 2. The average Bonchev–Trinajstić information content (AvgIpc) is 3.15. The zero-order valence-electron chi connectivity index (χ0n) is 16.2. The molecule has 0 fully saturated rings. The largest absolute Gasteiger partial charge is 0.480 e. The lowest BCUT2D eigenvalue weighted by molar-refractivity contribution is -0.141. The molecule has 0 aliphatic heterocycles. The van der Waals surface area contributed by atoms with Gasteiger partial charge in [0.25, 0.3) is 0 Å². The number of hydrogen-bond donors (Lipinski definition) is 3. The molecule has 1 rings (SSSR count). The number of allylic oxidation sites excluding steroid dienone is 3. The van der Waals surface area contributed by atoms with Crippen molar-refractivity contribution in [3.8, 4) is 0 Å². The van der Waals surface area contributed by atoms with Crippen LogP contribution in [0.4, 0.5) is 0 Å². The fourth-order valence-corrected chi connectivity index (χ4v) is 2.25. The first-order valence-corrected chi connectivity index (χ1v) is 9.04. The topological polar surface area (TPSA) is 111 Å². The minimum atomic E-state index is -1.08. The van der Waals surface area contributed by atoms with Crippen LogP contribution in [0.2, 0.25) is 0 Å². The van der Waals surface area contributed by atoms with Crippen LogP contribution in [0.1, 0.15) is 32.9 Å². The first-order chi connectivity index (χ1) is 13.0. The van der Waals surface area contributed by atoms with E-state index in [1.807, 2.05) is 25.3 Å². The quantitative estimate of drug-likeness (QED) is 0.381. The van der Waals surface area contributed by atoms with Gasteiger partial charge >= 0.3 is 5.97 Å². The van der Waals surface area contributed by atoms with Crippen LogP contribution in [0, 0.1) is 0 Å². The van der Waals surface area contributed by atoms with Crippen LogP contribution in [0.5, 0.6) is 0 Å². The number of aliphatic imine (C=N–C) groups is 1. The predicted octanol–water partition coefficient (Wildman–Crippen LogP) is 1.78. The third-order valence-corrected chi connectivity index (χ3v) is 3.84. The van der Waals surface area contributed by atoms with Crippen LogP contribution in [0.15, 0.2) is 41.4 Å². The van der Waals surface area contributed by atoms with E-state index in [9.17, 15) is 14.7 Å². The minimum absolute atomic E-state index is 0.131. The Morgan fingerprint density at radius 1 is 1.41 bits per heavy atom. The lowest BCUT2D eigenvalue weighted by atomic mass is 10.1. The van der Waals surface area contributed by atoms with E-state index in [1.165, 1.54) is 12.5 Å². The zero-order chi connectivity index (χ0) is 20.1. The number of carboxylic acids is 1. The van der Waals surface area contributed by atoms with Gasteiger partial charge in [-0.3, -0.25) is 9.79 Å². The summed E-state index contributed by atoms with van der Waals surface area (Å²) >= 11 is 0. The summed E-state index contributed by atoms with van der Waals surface area (Å²) in [5, 5.41) is 11.7. The van der Waals surface area contributed by atoms with Gasteiger partial charge in [0.15, 0.2) is 0 Å². The van der Waals surface area contributed by atoms with E-state index >= 15 is 0 Å². The maximum atomic E-state index is 11.9. The highest BCUT2D eigenvalue weighted by molar-refractivity contribution is 5.84. The van der Waals surface area contributed by atoms with Crippen molar-refractivity contribution in [2.24, 2.45) is 4.99 Å². The van der Waals surface area contributed by atoms with Crippen LogP contribution in [0.3, 0.4) is 0 Å². The maximum Gasteiger partial charge on any atom is 0.326 e. The molecule has 0 spiro atoms. The molecule has 0 radical (unpaired) electrons. The number of aromatic nitrogens is 2. The number of imidazole rings is 1. The normalized spacial score (nSPS) is 13.2. The standard InChI is InChI=1S/C19H29N5O3/c1-4-24(5-2)10-6-7-15(3)12-20-9-8-18(25)23-17(19(26)27)11-16-13-21-14-22-16/h6-7,10,12-14,17H,4-5,8-9,11H2,1-3H3,(H,21,22)(H,23,25)(H,26,27)/b10-6+,15-7+,20-12?/t17-/m0/s1. The molecule has 0 aliphatic rings. The average molecular weight is 375 g/mol. The van der Waals surface area contributed by atoms with E-state index in [4.69, 9.17) is 0 Å². The summed E-state index contributed by atoms with van der Waals surface area (Å²) in [4.78, 5) is 36.3. The van der Waals surface area contributed by atoms with Gasteiger partial charge < -0.3 is 20.3 Å². The first-order valence-electron chi connectivity index (χ1n) is 9.04. The summed E-state index contributed by atoms with van der Waals surface area (Å²) in [6.07, 6.45) is 10.9. The van der Waals surface area contributed by atoms with Crippen LogP contribution >= 0.6 is 0 Å². The molecule has 0 saturated carbocycles. The molecule has 1 aromatic rings. The van der Waals surface area contributed by atoms with E-state index in [2.05, 4.69) is 39.0 Å². The Morgan fingerprint density at radius 2 is 2.15 bits per heavy atom. The Labute approximate surface area is 160 Å². The molecule has 8 heteroatoms. The highest BCUT2D eigenvalue weighted by atomic mass is 16.4. The van der Waals surface area contributed by atoms with Gasteiger partial charge in [-0.25, -0.2) is 9.78 Å². The third-order valence-electron chi connectivity index (χ3n) is 3.84. The van der Waals surface area contributed by atoms with Crippen molar-refractivity contribution in [1.29, 1.82) is 0 Å². The molecule has 0 saturated heterocycles. The van der Waals surface area contributed by atoms with Gasteiger partial charge in [-0.1, -0.05) is 6.08 Å². The van der Waals surface area contributed by atoms with Crippen LogP contribution < -0.4 is 5.32 Å². The van der Waals surface area contributed by atoms with E-state index < -0.39 is 12.0 Å². The lowest BCUT2D eigenvalue weighted by Crippen LogP contribution is -2.42. The molecule has 0 aromatic carbocycles. The maximum absolute atomic E-state index is 11.9. The number of carbonyl (C=O) groups is 2. The number of nitrogens with zero attached hydrogens (tertiary/aromatic N) is 3. The van der Waals surface area contributed by atoms with Crippen LogP contribution in [0.25, 0.3) is 0 Å². The predicted molar refractivity (Wildman–Crippen MR) is 106 cm³/mol. The molecule has 148 valence electrons. The third kappa shape index (κ3) is 9.39. The first kappa shape index (κ1) is 22.1. The summed E-state index contributed by atoms with van der Waals surface area (Å²) in [6, 6.07) is -0.992. The van der Waals surface area contributed by atoms with Crippen LogP contribution in [-0.4, -0.2) is 63.7 Å². The summed E-state index contributed by atoms with van der Waals surface area (Å²) in [5.74, 6) is -1.43. The van der Waals surface area contributed by atoms with Crippen molar-refractivity contribution in [2.75, 3.05) is 19.6 Å². The fraction of sp³-hybridized carbons (Fsp3) is 0.474. The second kappa shape index (κ2) is 12.5. The Morgan fingerprint density at radius 3 is 2.74 bits per heavy atom. The number of carboxylic acid groups (broad SMARTS) is 1. The zero-order valence-corrected chi connectivity index (χ0v) is 16.2. The Hall–Kier alpha value is -2.90. The Bertz CT molecular complexity index is 661. The molecule has 0 unspecified atom stereocenters. The molecule has 8 nitrogen and oxygen atoms in total. The molecule has 1 atom stereocenters. The molecule has 1 aromatic heterocycles. The number of amides is 1. The number of aliphatic carboxylic acids is 1.